The Kier molecular flexibility index (Phi) is 6.69. The van der Waals surface area contributed by atoms with Crippen molar-refractivity contribution in [3.05, 3.63) is 59.7 Å². The minimum absolute atomic E-state index is 0.131. The number of halogens is 1. The minimum atomic E-state index is -1.43. The Morgan fingerprint density at radius 1 is 1.23 bits per heavy atom. The zero-order chi connectivity index (χ0) is 21.9. The van der Waals surface area contributed by atoms with E-state index in [0.29, 0.717) is 17.9 Å². The van der Waals surface area contributed by atoms with Crippen LogP contribution in [0, 0.1) is 11.7 Å². The lowest BCUT2D eigenvalue weighted by Gasteiger charge is -2.38. The van der Waals surface area contributed by atoms with Gasteiger partial charge in [-0.3, -0.25) is 10.3 Å². The number of hydrogen-bond acceptors (Lipinski definition) is 4. The summed E-state index contributed by atoms with van der Waals surface area (Å²) in [5.74, 6) is -0.0444. The largest absolute Gasteiger partial charge is 0.598 e. The molecule has 3 N–H and O–H groups in total. The van der Waals surface area contributed by atoms with Crippen molar-refractivity contribution in [2.75, 3.05) is 5.32 Å². The zero-order valence-electron chi connectivity index (χ0n) is 17.4. The average molecular weight is 434 g/mol. The van der Waals surface area contributed by atoms with Gasteiger partial charge in [0.05, 0.1) is 5.69 Å². The molecule has 3 rings (SSSR count). The van der Waals surface area contributed by atoms with E-state index in [2.05, 4.69) is 15.0 Å². The Labute approximate surface area is 179 Å². The molecule has 1 aromatic carbocycles. The number of carbonyl (C=O) groups is 1. The maximum absolute atomic E-state index is 14.3. The van der Waals surface area contributed by atoms with Gasteiger partial charge in [0.2, 0.25) is 0 Å². The highest BCUT2D eigenvalue weighted by atomic mass is 32.2. The highest BCUT2D eigenvalue weighted by Crippen LogP contribution is 2.42. The van der Waals surface area contributed by atoms with E-state index in [0.717, 1.165) is 12.0 Å². The smallest absolute Gasteiger partial charge is 0.409 e. The van der Waals surface area contributed by atoms with Crippen LogP contribution in [0.4, 0.5) is 14.9 Å². The zero-order valence-corrected chi connectivity index (χ0v) is 18.3. The summed E-state index contributed by atoms with van der Waals surface area (Å²) in [6, 6.07) is 8.07. The van der Waals surface area contributed by atoms with Crippen LogP contribution in [0.1, 0.15) is 57.6 Å². The molecule has 1 saturated carbocycles. The van der Waals surface area contributed by atoms with E-state index in [-0.39, 0.29) is 5.69 Å². The van der Waals surface area contributed by atoms with Crippen molar-refractivity contribution in [1.82, 2.24) is 9.71 Å². The Balaban J connectivity index is 2.14. The van der Waals surface area contributed by atoms with Crippen molar-refractivity contribution in [3.8, 4) is 0 Å². The van der Waals surface area contributed by atoms with E-state index < -0.39 is 33.6 Å². The van der Waals surface area contributed by atoms with E-state index in [1.54, 1.807) is 18.5 Å². The normalized spacial score (nSPS) is 17.2. The van der Waals surface area contributed by atoms with Crippen molar-refractivity contribution in [3.63, 3.8) is 0 Å². The summed E-state index contributed by atoms with van der Waals surface area (Å²) in [7, 11) is 0. The van der Waals surface area contributed by atoms with Crippen LogP contribution in [0.25, 0.3) is 0 Å². The molecule has 2 aromatic rings. The van der Waals surface area contributed by atoms with Crippen LogP contribution in [0.15, 0.2) is 42.7 Å². The van der Waals surface area contributed by atoms with Gasteiger partial charge in [-0.1, -0.05) is 18.9 Å². The Bertz CT molecular complexity index is 887. The first-order valence-corrected chi connectivity index (χ1v) is 11.2. The number of rotatable bonds is 8. The summed E-state index contributed by atoms with van der Waals surface area (Å²) in [5, 5.41) is 11.2. The van der Waals surface area contributed by atoms with E-state index in [4.69, 9.17) is 5.11 Å². The number of carboxylic acid groups (broad SMARTS) is 1. The number of benzene rings is 1. The SMILES string of the molecule is CC(C)(C)[S@@+]([O-])N[C@@](CCC1CC1)(c1ccncc1)c1ccc(F)c(NC(=O)O)c1. The second-order valence-corrected chi connectivity index (χ2v) is 10.7. The second kappa shape index (κ2) is 8.91. The molecule has 0 radical (unpaired) electrons. The highest BCUT2D eigenvalue weighted by molar-refractivity contribution is 7.90. The van der Waals surface area contributed by atoms with Crippen LogP contribution in [-0.4, -0.2) is 25.5 Å². The summed E-state index contributed by atoms with van der Waals surface area (Å²) < 4.78 is 30.3. The topological polar surface area (TPSA) is 97.3 Å². The van der Waals surface area contributed by atoms with Gasteiger partial charge >= 0.3 is 6.09 Å². The lowest BCUT2D eigenvalue weighted by Crippen LogP contribution is -2.52. The fourth-order valence-electron chi connectivity index (χ4n) is 3.40. The number of pyridine rings is 1. The molecule has 30 heavy (non-hydrogen) atoms. The van der Waals surface area contributed by atoms with Gasteiger partial charge in [-0.2, -0.15) is 0 Å². The molecule has 1 fully saturated rings. The molecule has 1 aliphatic rings. The van der Waals surface area contributed by atoms with Gasteiger partial charge in [0, 0.05) is 23.8 Å². The molecule has 8 heteroatoms. The monoisotopic (exact) mass is 433 g/mol. The first-order chi connectivity index (χ1) is 14.1. The number of hydrogen-bond donors (Lipinski definition) is 3. The van der Waals surface area contributed by atoms with Crippen LogP contribution in [-0.2, 0) is 16.9 Å². The quantitative estimate of drug-likeness (QED) is 0.520. The second-order valence-electron chi connectivity index (χ2n) is 8.73. The molecule has 1 aromatic heterocycles. The van der Waals surface area contributed by atoms with Crippen LogP contribution in [0.3, 0.4) is 0 Å². The maximum Gasteiger partial charge on any atom is 0.409 e. The van der Waals surface area contributed by atoms with E-state index in [1.165, 1.54) is 25.0 Å². The van der Waals surface area contributed by atoms with Crippen LogP contribution >= 0.6 is 0 Å². The third-order valence-corrected chi connectivity index (χ3v) is 6.97. The summed E-state index contributed by atoms with van der Waals surface area (Å²) >= 11 is -1.43. The van der Waals surface area contributed by atoms with E-state index in [1.807, 2.05) is 32.9 Å². The van der Waals surface area contributed by atoms with Crippen molar-refractivity contribution in [1.29, 1.82) is 0 Å². The van der Waals surface area contributed by atoms with Gasteiger partial charge in [0.15, 0.2) is 0 Å². The third kappa shape index (κ3) is 5.30. The number of amides is 1. The van der Waals surface area contributed by atoms with Crippen molar-refractivity contribution >= 4 is 23.1 Å². The average Bonchev–Trinajstić information content (AvgIpc) is 3.51. The predicted molar refractivity (Wildman–Crippen MR) is 116 cm³/mol. The molecule has 162 valence electrons. The highest BCUT2D eigenvalue weighted by Gasteiger charge is 2.43. The van der Waals surface area contributed by atoms with Crippen molar-refractivity contribution < 1.29 is 18.8 Å². The molecule has 1 heterocycles. The van der Waals surface area contributed by atoms with Gasteiger partial charge in [0.25, 0.3) is 0 Å². The Hall–Kier alpha value is -2.16. The molecule has 1 amide bonds. The van der Waals surface area contributed by atoms with E-state index >= 15 is 0 Å². The molecule has 0 unspecified atom stereocenters. The molecule has 2 atom stereocenters. The number of nitrogens with zero attached hydrogens (tertiary/aromatic N) is 1. The van der Waals surface area contributed by atoms with Crippen LogP contribution in [0.2, 0.25) is 0 Å². The lowest BCUT2D eigenvalue weighted by atomic mass is 9.79. The summed E-state index contributed by atoms with van der Waals surface area (Å²) in [4.78, 5) is 15.2. The summed E-state index contributed by atoms with van der Waals surface area (Å²) in [6.07, 6.45) is 5.89. The molecular weight excluding hydrogens is 405 g/mol. The molecule has 0 saturated heterocycles. The number of anilines is 1. The predicted octanol–water partition coefficient (Wildman–Crippen LogP) is 4.80. The standard InChI is InChI=1S/C22H28FN3O3S/c1-21(2,3)30(29)26-22(11-8-15-4-5-15,16-9-12-24-13-10-16)17-6-7-18(23)19(14-17)25-20(27)28/h6-7,9-10,12-15,25-26H,4-5,8,11H2,1-3H3,(H,27,28)/t22-,30+/m0/s1. The third-order valence-electron chi connectivity index (χ3n) is 5.32. The summed E-state index contributed by atoms with van der Waals surface area (Å²) in [5.41, 5.74) is 0.487. The number of aromatic nitrogens is 1. The molecule has 0 spiro atoms. The molecule has 0 aliphatic heterocycles. The number of nitrogens with one attached hydrogen (secondary N) is 2. The first-order valence-electron chi connectivity index (χ1n) is 10.0. The van der Waals surface area contributed by atoms with Crippen molar-refractivity contribution in [2.24, 2.45) is 5.92 Å². The molecule has 1 aliphatic carbocycles. The molecule has 6 nitrogen and oxygen atoms in total. The lowest BCUT2D eigenvalue weighted by molar-refractivity contribution is 0.209. The van der Waals surface area contributed by atoms with Gasteiger partial charge in [-0.25, -0.2) is 9.18 Å². The Morgan fingerprint density at radius 2 is 1.90 bits per heavy atom. The fourth-order valence-corrected chi connectivity index (χ4v) is 4.36. The molecular formula is C22H28FN3O3S. The van der Waals surface area contributed by atoms with Crippen LogP contribution in [0.5, 0.6) is 0 Å². The van der Waals surface area contributed by atoms with Crippen molar-refractivity contribution in [2.45, 2.75) is 56.7 Å². The summed E-state index contributed by atoms with van der Waals surface area (Å²) in [6.45, 7) is 5.66. The fraction of sp³-hybridized carbons (Fsp3) is 0.455. The Morgan fingerprint density at radius 3 is 2.47 bits per heavy atom. The van der Waals surface area contributed by atoms with E-state index in [9.17, 15) is 13.7 Å². The van der Waals surface area contributed by atoms with Gasteiger partial charge in [-0.15, -0.1) is 4.72 Å². The minimum Gasteiger partial charge on any atom is -0.598 e. The first kappa shape index (κ1) is 22.5. The van der Waals surface area contributed by atoms with Crippen LogP contribution < -0.4 is 10.0 Å². The maximum atomic E-state index is 14.3. The van der Waals surface area contributed by atoms with Gasteiger partial charge < -0.3 is 9.66 Å². The van der Waals surface area contributed by atoms with Gasteiger partial charge in [0.1, 0.15) is 16.1 Å². The molecule has 0 bridgehead atoms. The van der Waals surface area contributed by atoms with Gasteiger partial charge in [-0.05, 0) is 74.9 Å².